The fourth-order valence-electron chi connectivity index (χ4n) is 2.02. The molecule has 1 fully saturated rings. The summed E-state index contributed by atoms with van der Waals surface area (Å²) < 4.78 is 0.839. The lowest BCUT2D eigenvalue weighted by Gasteiger charge is -2.07. The van der Waals surface area contributed by atoms with Crippen LogP contribution in [0.4, 0.5) is 0 Å². The molecular formula is C14H11BrCl2N2. The van der Waals surface area contributed by atoms with Crippen LogP contribution in [0.2, 0.25) is 10.2 Å². The molecule has 1 aliphatic carbocycles. The Hall–Kier alpha value is -0.640. The van der Waals surface area contributed by atoms with Crippen molar-refractivity contribution in [2.75, 3.05) is 0 Å². The van der Waals surface area contributed by atoms with Crippen LogP contribution < -0.4 is 0 Å². The highest BCUT2D eigenvalue weighted by Gasteiger charge is 2.29. The molecule has 1 aromatic heterocycles. The molecular weight excluding hydrogens is 347 g/mol. The normalized spacial score (nSPS) is 14.7. The zero-order valence-electron chi connectivity index (χ0n) is 10.0. The van der Waals surface area contributed by atoms with Gasteiger partial charge in [-0.25, -0.2) is 9.97 Å². The van der Waals surface area contributed by atoms with Crippen molar-refractivity contribution in [3.8, 4) is 0 Å². The largest absolute Gasteiger partial charge is 0.236 e. The van der Waals surface area contributed by atoms with Crippen molar-refractivity contribution in [1.29, 1.82) is 0 Å². The first-order valence-electron chi connectivity index (χ1n) is 6.10. The third kappa shape index (κ3) is 3.10. The van der Waals surface area contributed by atoms with Crippen LogP contribution in [0.15, 0.2) is 28.7 Å². The van der Waals surface area contributed by atoms with E-state index in [1.54, 1.807) is 0 Å². The highest BCUT2D eigenvalue weighted by Crippen LogP contribution is 2.43. The Kier molecular flexibility index (Phi) is 3.79. The summed E-state index contributed by atoms with van der Waals surface area (Å²) >= 11 is 15.6. The molecule has 0 amide bonds. The topological polar surface area (TPSA) is 25.8 Å². The minimum Gasteiger partial charge on any atom is -0.236 e. The molecule has 5 heteroatoms. The zero-order chi connectivity index (χ0) is 13.4. The number of aromatic nitrogens is 2. The Morgan fingerprint density at radius 2 is 2.00 bits per heavy atom. The monoisotopic (exact) mass is 356 g/mol. The third-order valence-corrected chi connectivity index (χ3v) is 4.62. The van der Waals surface area contributed by atoms with Crippen molar-refractivity contribution in [1.82, 2.24) is 9.97 Å². The van der Waals surface area contributed by atoms with E-state index in [0.717, 1.165) is 26.6 Å². The van der Waals surface area contributed by atoms with Crippen molar-refractivity contribution < 1.29 is 0 Å². The molecule has 98 valence electrons. The van der Waals surface area contributed by atoms with Gasteiger partial charge in [0, 0.05) is 17.4 Å². The van der Waals surface area contributed by atoms with Gasteiger partial charge in [-0.05, 0) is 46.5 Å². The van der Waals surface area contributed by atoms with Gasteiger partial charge in [0.15, 0.2) is 0 Å². The predicted octanol–water partition coefficient (Wildman–Crippen LogP) is 5.01. The van der Waals surface area contributed by atoms with E-state index in [2.05, 4.69) is 25.9 Å². The van der Waals surface area contributed by atoms with Gasteiger partial charge in [-0.15, -0.1) is 0 Å². The van der Waals surface area contributed by atoms with Crippen molar-refractivity contribution in [3.05, 3.63) is 56.0 Å². The summed E-state index contributed by atoms with van der Waals surface area (Å²) in [6.45, 7) is 0. The summed E-state index contributed by atoms with van der Waals surface area (Å²) in [4.78, 5) is 8.97. The molecule has 0 bridgehead atoms. The molecule has 19 heavy (non-hydrogen) atoms. The van der Waals surface area contributed by atoms with E-state index in [-0.39, 0.29) is 0 Å². The number of hydrogen-bond donors (Lipinski definition) is 0. The molecule has 3 rings (SSSR count). The predicted molar refractivity (Wildman–Crippen MR) is 81.0 cm³/mol. The maximum Gasteiger partial charge on any atom is 0.147 e. The minimum atomic E-state index is 0.494. The van der Waals surface area contributed by atoms with Gasteiger partial charge in [0.1, 0.15) is 11.0 Å². The van der Waals surface area contributed by atoms with Gasteiger partial charge in [-0.3, -0.25) is 0 Å². The molecule has 2 aromatic rings. The average molecular weight is 358 g/mol. The fourth-order valence-corrected chi connectivity index (χ4v) is 2.93. The van der Waals surface area contributed by atoms with Gasteiger partial charge in [0.05, 0.1) is 10.2 Å². The summed E-state index contributed by atoms with van der Waals surface area (Å²) in [7, 11) is 0. The Labute approximate surface area is 130 Å². The van der Waals surface area contributed by atoms with Gasteiger partial charge < -0.3 is 0 Å². The van der Waals surface area contributed by atoms with Crippen LogP contribution in [-0.2, 0) is 6.42 Å². The van der Waals surface area contributed by atoms with Crippen LogP contribution in [0.25, 0.3) is 0 Å². The molecule has 2 nitrogen and oxygen atoms in total. The fraction of sp³-hybridized carbons (Fsp3) is 0.286. The van der Waals surface area contributed by atoms with E-state index in [1.165, 1.54) is 12.8 Å². The minimum absolute atomic E-state index is 0.494. The lowest BCUT2D eigenvalue weighted by Crippen LogP contribution is -2.02. The zero-order valence-corrected chi connectivity index (χ0v) is 13.1. The first-order valence-corrected chi connectivity index (χ1v) is 7.64. The molecule has 0 N–H and O–H groups in total. The van der Waals surface area contributed by atoms with Crippen LogP contribution in [0, 0.1) is 0 Å². The molecule has 0 aliphatic heterocycles. The van der Waals surface area contributed by atoms with Gasteiger partial charge >= 0.3 is 0 Å². The van der Waals surface area contributed by atoms with Crippen LogP contribution >= 0.6 is 39.1 Å². The standard InChI is InChI=1S/C14H11BrCl2N2/c15-12-13(9-4-5-9)18-11(19-14(12)17)7-8-2-1-3-10(16)6-8/h1-3,6,9H,4-5,7H2. The summed E-state index contributed by atoms with van der Waals surface area (Å²) in [5, 5.41) is 1.22. The maximum atomic E-state index is 6.16. The summed E-state index contributed by atoms with van der Waals surface area (Å²) in [6.07, 6.45) is 3.01. The second-order valence-electron chi connectivity index (χ2n) is 4.71. The number of halogens is 3. The van der Waals surface area contributed by atoms with Gasteiger partial charge in [0.2, 0.25) is 0 Å². The number of rotatable bonds is 3. The van der Waals surface area contributed by atoms with E-state index in [4.69, 9.17) is 23.2 Å². The smallest absolute Gasteiger partial charge is 0.147 e. The van der Waals surface area contributed by atoms with E-state index in [0.29, 0.717) is 17.5 Å². The Bertz CT molecular complexity index is 627. The van der Waals surface area contributed by atoms with E-state index in [9.17, 15) is 0 Å². The van der Waals surface area contributed by atoms with E-state index >= 15 is 0 Å². The lowest BCUT2D eigenvalue weighted by atomic mass is 10.1. The number of hydrogen-bond acceptors (Lipinski definition) is 2. The average Bonchev–Trinajstić information content (AvgIpc) is 3.18. The lowest BCUT2D eigenvalue weighted by molar-refractivity contribution is 0.890. The summed E-state index contributed by atoms with van der Waals surface area (Å²) in [5.74, 6) is 1.28. The first kappa shape index (κ1) is 13.3. The Balaban J connectivity index is 1.92. The molecule has 1 aliphatic rings. The van der Waals surface area contributed by atoms with E-state index < -0.39 is 0 Å². The SMILES string of the molecule is Clc1cccc(Cc2nc(Cl)c(Br)c(C3CC3)n2)c1. The van der Waals surface area contributed by atoms with Crippen molar-refractivity contribution in [3.63, 3.8) is 0 Å². The van der Waals surface area contributed by atoms with Crippen LogP contribution in [0.5, 0.6) is 0 Å². The molecule has 1 aromatic carbocycles. The molecule has 1 saturated carbocycles. The second kappa shape index (κ2) is 5.39. The summed E-state index contributed by atoms with van der Waals surface area (Å²) in [6, 6.07) is 7.73. The molecule has 0 unspecified atom stereocenters. The van der Waals surface area contributed by atoms with Gasteiger partial charge in [0.25, 0.3) is 0 Å². The van der Waals surface area contributed by atoms with E-state index in [1.807, 2.05) is 24.3 Å². The van der Waals surface area contributed by atoms with Crippen molar-refractivity contribution >= 4 is 39.1 Å². The van der Waals surface area contributed by atoms with Crippen molar-refractivity contribution in [2.24, 2.45) is 0 Å². The molecule has 0 atom stereocenters. The molecule has 0 saturated heterocycles. The Morgan fingerprint density at radius 1 is 1.21 bits per heavy atom. The number of nitrogens with zero attached hydrogens (tertiary/aromatic N) is 2. The quantitative estimate of drug-likeness (QED) is 0.721. The molecule has 0 spiro atoms. The Morgan fingerprint density at radius 3 is 2.68 bits per heavy atom. The first-order chi connectivity index (χ1) is 9.13. The van der Waals surface area contributed by atoms with Crippen LogP contribution in [0.3, 0.4) is 0 Å². The molecule has 0 radical (unpaired) electrons. The van der Waals surface area contributed by atoms with Crippen LogP contribution in [0.1, 0.15) is 35.8 Å². The second-order valence-corrected chi connectivity index (χ2v) is 6.30. The highest BCUT2D eigenvalue weighted by atomic mass is 79.9. The number of benzene rings is 1. The third-order valence-electron chi connectivity index (χ3n) is 3.10. The molecule has 1 heterocycles. The van der Waals surface area contributed by atoms with Gasteiger partial charge in [-0.2, -0.15) is 0 Å². The highest BCUT2D eigenvalue weighted by molar-refractivity contribution is 9.10. The summed E-state index contributed by atoms with van der Waals surface area (Å²) in [5.41, 5.74) is 2.13. The maximum absolute atomic E-state index is 6.16. The van der Waals surface area contributed by atoms with Gasteiger partial charge in [-0.1, -0.05) is 35.3 Å². The van der Waals surface area contributed by atoms with Crippen LogP contribution in [-0.4, -0.2) is 9.97 Å². The van der Waals surface area contributed by atoms with Crippen molar-refractivity contribution in [2.45, 2.75) is 25.2 Å².